The minimum Gasteiger partial charge on any atom is -0.435 e. The van der Waals surface area contributed by atoms with E-state index in [1.807, 2.05) is 30.3 Å². The van der Waals surface area contributed by atoms with Gasteiger partial charge in [-0.1, -0.05) is 146 Å². The van der Waals surface area contributed by atoms with Crippen molar-refractivity contribution < 1.29 is 4.42 Å². The maximum atomic E-state index is 6.63. The summed E-state index contributed by atoms with van der Waals surface area (Å²) in [6.07, 6.45) is 0. The molecule has 0 spiro atoms. The first-order valence-corrected chi connectivity index (χ1v) is 22.9. The van der Waals surface area contributed by atoms with Gasteiger partial charge in [-0.2, -0.15) is 0 Å². The molecule has 0 bridgehead atoms. The molecule has 1 aromatic heterocycles. The van der Waals surface area contributed by atoms with Crippen molar-refractivity contribution in [3.8, 4) is 22.6 Å². The van der Waals surface area contributed by atoms with Crippen LogP contribution >= 0.6 is 0 Å². The summed E-state index contributed by atoms with van der Waals surface area (Å²) in [5, 5.41) is 4.37. The van der Waals surface area contributed by atoms with E-state index >= 15 is 0 Å². The molecule has 5 nitrogen and oxygen atoms in total. The quantitative estimate of drug-likeness (QED) is 0.121. The summed E-state index contributed by atoms with van der Waals surface area (Å²) in [4.78, 5) is 11.9. The number of anilines is 9. The molecule has 0 radical (unpaired) electrons. The fraction of sp³-hybridized carbons (Fsp3) is 0. The van der Waals surface area contributed by atoms with Gasteiger partial charge in [-0.05, 0) is 149 Å². The first kappa shape index (κ1) is 40.3. The van der Waals surface area contributed by atoms with Crippen molar-refractivity contribution in [2.75, 3.05) is 14.7 Å². The predicted molar refractivity (Wildman–Crippen MR) is 284 cm³/mol. The van der Waals surface area contributed by atoms with E-state index in [2.05, 4.69) is 251 Å². The van der Waals surface area contributed by atoms with Crippen molar-refractivity contribution in [2.45, 2.75) is 0 Å². The molecule has 0 saturated heterocycles. The monoisotopic (exact) mass is 872 g/mol. The summed E-state index contributed by atoms with van der Waals surface area (Å²) in [6.45, 7) is 0. The largest absolute Gasteiger partial charge is 0.435 e. The lowest BCUT2D eigenvalue weighted by Gasteiger charge is -2.30. The molecule has 12 aromatic rings. The molecule has 0 unspecified atom stereocenters. The SMILES string of the molecule is c1ccc(-c2nc3ccc4ccc5ccc(N(c6ccccc6)c6cccc(N(c7ccccc7)c7cccc(-c8cccc(N(c9ccccc9)c9ccccc9)c8)c7)c6)cc5c4c3o2)cc1. The first-order chi connectivity index (χ1) is 33.7. The molecule has 11 aromatic carbocycles. The molecular formula is C63H44N4O. The summed E-state index contributed by atoms with van der Waals surface area (Å²) in [5.41, 5.74) is 14.4. The highest BCUT2D eigenvalue weighted by Crippen LogP contribution is 2.44. The molecule has 0 N–H and O–H groups in total. The number of nitrogens with zero attached hydrogens (tertiary/aromatic N) is 4. The molecule has 12 rings (SSSR count). The van der Waals surface area contributed by atoms with Crippen molar-refractivity contribution in [2.24, 2.45) is 0 Å². The third-order valence-corrected chi connectivity index (χ3v) is 12.6. The maximum absolute atomic E-state index is 6.63. The van der Waals surface area contributed by atoms with E-state index < -0.39 is 0 Å². The van der Waals surface area contributed by atoms with E-state index in [9.17, 15) is 0 Å². The van der Waals surface area contributed by atoms with Gasteiger partial charge in [0, 0.05) is 62.1 Å². The van der Waals surface area contributed by atoms with Gasteiger partial charge >= 0.3 is 0 Å². The van der Waals surface area contributed by atoms with Crippen LogP contribution in [0.1, 0.15) is 0 Å². The number of hydrogen-bond donors (Lipinski definition) is 0. The summed E-state index contributed by atoms with van der Waals surface area (Å²) in [7, 11) is 0. The molecule has 0 aliphatic rings. The molecule has 5 heteroatoms. The van der Waals surface area contributed by atoms with E-state index in [-0.39, 0.29) is 0 Å². The lowest BCUT2D eigenvalue weighted by atomic mass is 10.00. The molecule has 1 heterocycles. The Morgan fingerprint density at radius 1 is 0.279 bits per heavy atom. The van der Waals surface area contributed by atoms with Crippen LogP contribution in [0.25, 0.3) is 55.2 Å². The lowest BCUT2D eigenvalue weighted by molar-refractivity contribution is 0.623. The van der Waals surface area contributed by atoms with Crippen LogP contribution in [0, 0.1) is 0 Å². The van der Waals surface area contributed by atoms with E-state index in [0.29, 0.717) is 5.89 Å². The second-order valence-corrected chi connectivity index (χ2v) is 16.8. The Hall–Kier alpha value is -9.19. The zero-order valence-corrected chi connectivity index (χ0v) is 37.1. The second-order valence-electron chi connectivity index (χ2n) is 16.8. The smallest absolute Gasteiger partial charge is 0.227 e. The van der Waals surface area contributed by atoms with Crippen LogP contribution in [-0.2, 0) is 0 Å². The molecule has 68 heavy (non-hydrogen) atoms. The number of rotatable bonds is 11. The Labute approximate surface area is 395 Å². The van der Waals surface area contributed by atoms with Gasteiger partial charge in [0.1, 0.15) is 5.52 Å². The highest BCUT2D eigenvalue weighted by molar-refractivity contribution is 6.18. The van der Waals surface area contributed by atoms with Gasteiger partial charge in [0.05, 0.1) is 0 Å². The van der Waals surface area contributed by atoms with Crippen LogP contribution < -0.4 is 14.7 Å². The Kier molecular flexibility index (Phi) is 10.5. The average Bonchev–Trinajstić information content (AvgIpc) is 3.86. The Morgan fingerprint density at radius 3 is 1.16 bits per heavy atom. The third-order valence-electron chi connectivity index (χ3n) is 12.6. The molecule has 0 amide bonds. The van der Waals surface area contributed by atoms with Crippen LogP contribution in [0.5, 0.6) is 0 Å². The van der Waals surface area contributed by atoms with Crippen molar-refractivity contribution >= 4 is 83.8 Å². The standard InChI is InChI=1S/C63H44N4O/c1-6-19-47(20-7-1)63-64-60-40-38-46-36-35-45-37-39-58(44-59(45)61(46)62(60)68-63)67(53-29-14-5-15-30-53)57-34-18-33-56(43-57)66(52-27-12-4-13-28-52)55-32-17-22-49(42-55)48-21-16-31-54(41-48)65(50-23-8-2-9-24-50)51-25-10-3-11-26-51/h1-44H. The number of aromatic nitrogens is 1. The number of benzene rings is 11. The number of oxazole rings is 1. The summed E-state index contributed by atoms with van der Waals surface area (Å²) < 4.78 is 6.63. The first-order valence-electron chi connectivity index (χ1n) is 22.9. The van der Waals surface area contributed by atoms with Gasteiger partial charge < -0.3 is 19.1 Å². The van der Waals surface area contributed by atoms with Gasteiger partial charge in [0.25, 0.3) is 0 Å². The zero-order chi connectivity index (χ0) is 45.2. The molecule has 322 valence electrons. The normalized spacial score (nSPS) is 11.2. The summed E-state index contributed by atoms with van der Waals surface area (Å²) in [6, 6.07) is 94.3. The molecule has 0 aliphatic carbocycles. The molecule has 0 aliphatic heterocycles. The van der Waals surface area contributed by atoms with Gasteiger partial charge in [-0.15, -0.1) is 0 Å². The third kappa shape index (κ3) is 7.68. The maximum Gasteiger partial charge on any atom is 0.227 e. The average molecular weight is 873 g/mol. The fourth-order valence-electron chi connectivity index (χ4n) is 9.42. The Bertz CT molecular complexity index is 3650. The predicted octanol–water partition coefficient (Wildman–Crippen LogP) is 17.9. The minimum atomic E-state index is 0.615. The topological polar surface area (TPSA) is 35.8 Å². The van der Waals surface area contributed by atoms with Crippen molar-refractivity contribution in [3.63, 3.8) is 0 Å². The number of fused-ring (bicyclic) bond motifs is 5. The van der Waals surface area contributed by atoms with Crippen LogP contribution in [0.4, 0.5) is 51.2 Å². The zero-order valence-electron chi connectivity index (χ0n) is 37.1. The highest BCUT2D eigenvalue weighted by atomic mass is 16.3. The van der Waals surface area contributed by atoms with Crippen molar-refractivity contribution in [3.05, 3.63) is 267 Å². The van der Waals surface area contributed by atoms with Gasteiger partial charge in [-0.25, -0.2) is 4.98 Å². The summed E-state index contributed by atoms with van der Waals surface area (Å²) >= 11 is 0. The van der Waals surface area contributed by atoms with Crippen LogP contribution in [0.2, 0.25) is 0 Å². The second kappa shape index (κ2) is 17.7. The van der Waals surface area contributed by atoms with E-state index in [0.717, 1.165) is 101 Å². The van der Waals surface area contributed by atoms with Crippen LogP contribution in [0.15, 0.2) is 271 Å². The van der Waals surface area contributed by atoms with E-state index in [4.69, 9.17) is 9.40 Å². The van der Waals surface area contributed by atoms with Crippen molar-refractivity contribution in [1.82, 2.24) is 4.98 Å². The highest BCUT2D eigenvalue weighted by Gasteiger charge is 2.20. The number of hydrogen-bond acceptors (Lipinski definition) is 5. The van der Waals surface area contributed by atoms with E-state index in [1.165, 1.54) is 0 Å². The van der Waals surface area contributed by atoms with E-state index in [1.54, 1.807) is 0 Å². The van der Waals surface area contributed by atoms with Gasteiger partial charge in [0.15, 0.2) is 5.58 Å². The Balaban J connectivity index is 0.967. The molecule has 0 fully saturated rings. The van der Waals surface area contributed by atoms with Gasteiger partial charge in [0.2, 0.25) is 5.89 Å². The Morgan fingerprint density at radius 2 is 0.647 bits per heavy atom. The van der Waals surface area contributed by atoms with Crippen LogP contribution in [-0.4, -0.2) is 4.98 Å². The molecule has 0 atom stereocenters. The van der Waals surface area contributed by atoms with Crippen LogP contribution in [0.3, 0.4) is 0 Å². The minimum absolute atomic E-state index is 0.615. The van der Waals surface area contributed by atoms with Crippen molar-refractivity contribution in [1.29, 1.82) is 0 Å². The summed E-state index contributed by atoms with van der Waals surface area (Å²) in [5.74, 6) is 0.615. The molecular weight excluding hydrogens is 829 g/mol. The van der Waals surface area contributed by atoms with Gasteiger partial charge in [-0.3, -0.25) is 0 Å². The number of para-hydroxylation sites is 4. The fourth-order valence-corrected chi connectivity index (χ4v) is 9.42. The molecule has 0 saturated carbocycles. The lowest BCUT2D eigenvalue weighted by Crippen LogP contribution is -2.13.